The molecule has 0 spiro atoms. The highest BCUT2D eigenvalue weighted by Crippen LogP contribution is 2.30. The number of benzene rings is 1. The number of fused-ring (bicyclic) bond motifs is 1. The molecule has 0 radical (unpaired) electrons. The quantitative estimate of drug-likeness (QED) is 0.895. The molecule has 0 saturated carbocycles. The lowest BCUT2D eigenvalue weighted by Crippen LogP contribution is -2.36. The molecule has 3 rings (SSSR count). The van der Waals surface area contributed by atoms with Crippen molar-refractivity contribution in [2.24, 2.45) is 0 Å². The summed E-state index contributed by atoms with van der Waals surface area (Å²) in [6.45, 7) is 1.95. The van der Waals surface area contributed by atoms with E-state index in [1.165, 1.54) is 40.8 Å². The molecule has 0 aliphatic carbocycles. The first-order valence-corrected chi connectivity index (χ1v) is 9.74. The maximum atomic E-state index is 13.2. The summed E-state index contributed by atoms with van der Waals surface area (Å²) in [5, 5.41) is 3.10. The topological polar surface area (TPSA) is 79.4 Å². The molecule has 1 N–H and O–H groups in total. The van der Waals surface area contributed by atoms with Crippen molar-refractivity contribution >= 4 is 32.4 Å². The van der Waals surface area contributed by atoms with Gasteiger partial charge in [-0.15, -0.1) is 11.3 Å². The second kappa shape index (κ2) is 6.58. The van der Waals surface area contributed by atoms with Crippen molar-refractivity contribution in [2.75, 3.05) is 11.9 Å². The van der Waals surface area contributed by atoms with E-state index in [1.807, 2.05) is 0 Å². The molecule has 0 fully saturated rings. The lowest BCUT2D eigenvalue weighted by molar-refractivity contribution is -0.114. The standard InChI is InChI=1S/C15H16FN3O3S2/c1-10(20)17-15-18-13-5-6-19(8-14(13)23-15)24(21,22)9-11-3-2-4-12(16)7-11/h2-4,7H,5-6,8-9H2,1H3,(H,17,18,20). The van der Waals surface area contributed by atoms with Crippen LogP contribution in [0.4, 0.5) is 9.52 Å². The number of anilines is 1. The van der Waals surface area contributed by atoms with Gasteiger partial charge in [-0.3, -0.25) is 4.79 Å². The normalized spacial score (nSPS) is 15.1. The summed E-state index contributed by atoms with van der Waals surface area (Å²) in [6.07, 6.45) is 0.494. The number of nitrogens with one attached hydrogen (secondary N) is 1. The average Bonchev–Trinajstić information content (AvgIpc) is 2.87. The minimum atomic E-state index is -3.55. The Morgan fingerprint density at radius 2 is 2.25 bits per heavy atom. The van der Waals surface area contributed by atoms with E-state index in [1.54, 1.807) is 6.07 Å². The Balaban J connectivity index is 1.76. The van der Waals surface area contributed by atoms with Gasteiger partial charge in [-0.05, 0) is 17.7 Å². The first-order valence-electron chi connectivity index (χ1n) is 7.32. The second-order valence-electron chi connectivity index (χ2n) is 5.54. The van der Waals surface area contributed by atoms with Crippen molar-refractivity contribution in [2.45, 2.75) is 25.6 Å². The largest absolute Gasteiger partial charge is 0.302 e. The van der Waals surface area contributed by atoms with Gasteiger partial charge in [-0.1, -0.05) is 12.1 Å². The van der Waals surface area contributed by atoms with Gasteiger partial charge in [0.05, 0.1) is 11.4 Å². The van der Waals surface area contributed by atoms with E-state index in [9.17, 15) is 17.6 Å². The van der Waals surface area contributed by atoms with Crippen LogP contribution in [0, 0.1) is 5.82 Å². The van der Waals surface area contributed by atoms with Gasteiger partial charge < -0.3 is 5.32 Å². The Morgan fingerprint density at radius 1 is 1.46 bits per heavy atom. The number of hydrogen-bond donors (Lipinski definition) is 1. The molecular weight excluding hydrogens is 353 g/mol. The van der Waals surface area contributed by atoms with Gasteiger partial charge in [0.2, 0.25) is 15.9 Å². The summed E-state index contributed by atoms with van der Waals surface area (Å²) in [7, 11) is -3.55. The number of halogens is 1. The van der Waals surface area contributed by atoms with Crippen LogP contribution < -0.4 is 5.32 Å². The van der Waals surface area contributed by atoms with Crippen LogP contribution in [0.25, 0.3) is 0 Å². The Kier molecular flexibility index (Phi) is 4.66. The number of amides is 1. The molecular formula is C15H16FN3O3S2. The third-order valence-corrected chi connectivity index (χ3v) is 6.41. The molecule has 6 nitrogen and oxygen atoms in total. The van der Waals surface area contributed by atoms with Gasteiger partial charge >= 0.3 is 0 Å². The molecule has 1 aromatic heterocycles. The van der Waals surface area contributed by atoms with Crippen LogP contribution in [-0.2, 0) is 33.5 Å². The summed E-state index contributed by atoms with van der Waals surface area (Å²) in [5.41, 5.74) is 1.24. The average molecular weight is 369 g/mol. The third kappa shape index (κ3) is 3.80. The fourth-order valence-electron chi connectivity index (χ4n) is 2.54. The zero-order chi connectivity index (χ0) is 17.3. The maximum absolute atomic E-state index is 13.2. The highest BCUT2D eigenvalue weighted by atomic mass is 32.2. The van der Waals surface area contributed by atoms with Crippen molar-refractivity contribution in [3.63, 3.8) is 0 Å². The van der Waals surface area contributed by atoms with E-state index in [2.05, 4.69) is 10.3 Å². The minimum Gasteiger partial charge on any atom is -0.302 e. The summed E-state index contributed by atoms with van der Waals surface area (Å²) in [4.78, 5) is 16.2. The molecule has 2 heterocycles. The van der Waals surface area contributed by atoms with Crippen LogP contribution in [0.2, 0.25) is 0 Å². The number of carbonyl (C=O) groups is 1. The number of nitrogens with zero attached hydrogens (tertiary/aromatic N) is 2. The predicted molar refractivity (Wildman–Crippen MR) is 89.6 cm³/mol. The number of aromatic nitrogens is 1. The Labute approximate surface area is 143 Å². The minimum absolute atomic E-state index is 0.211. The molecule has 1 amide bonds. The molecule has 2 aromatic rings. The van der Waals surface area contributed by atoms with E-state index >= 15 is 0 Å². The first-order chi connectivity index (χ1) is 11.3. The Bertz CT molecular complexity index is 880. The predicted octanol–water partition coefficient (Wildman–Crippen LogP) is 2.13. The lowest BCUT2D eigenvalue weighted by Gasteiger charge is -2.25. The summed E-state index contributed by atoms with van der Waals surface area (Å²) >= 11 is 1.28. The summed E-state index contributed by atoms with van der Waals surface area (Å²) < 4.78 is 39.8. The zero-order valence-electron chi connectivity index (χ0n) is 13.0. The molecule has 0 atom stereocenters. The van der Waals surface area contributed by atoms with Crippen molar-refractivity contribution in [3.8, 4) is 0 Å². The first kappa shape index (κ1) is 17.0. The molecule has 9 heteroatoms. The van der Waals surface area contributed by atoms with Crippen molar-refractivity contribution in [3.05, 3.63) is 46.2 Å². The third-order valence-electron chi connectivity index (χ3n) is 3.61. The highest BCUT2D eigenvalue weighted by Gasteiger charge is 2.29. The SMILES string of the molecule is CC(=O)Nc1nc2c(s1)CN(S(=O)(=O)Cc1cccc(F)c1)CC2. The van der Waals surface area contributed by atoms with E-state index in [4.69, 9.17) is 0 Å². The van der Waals surface area contributed by atoms with Crippen LogP contribution >= 0.6 is 11.3 Å². The van der Waals surface area contributed by atoms with Crippen LogP contribution in [0.1, 0.15) is 23.1 Å². The van der Waals surface area contributed by atoms with E-state index in [0.29, 0.717) is 23.7 Å². The molecule has 1 aromatic carbocycles. The van der Waals surface area contributed by atoms with Gasteiger partial charge in [0.15, 0.2) is 5.13 Å². The fraction of sp³-hybridized carbons (Fsp3) is 0.333. The Hall–Kier alpha value is -1.84. The zero-order valence-corrected chi connectivity index (χ0v) is 14.6. The number of thiazole rings is 1. The summed E-state index contributed by atoms with van der Waals surface area (Å²) in [5.74, 6) is -0.903. The maximum Gasteiger partial charge on any atom is 0.223 e. The fourth-order valence-corrected chi connectivity index (χ4v) is 5.17. The molecule has 24 heavy (non-hydrogen) atoms. The number of rotatable bonds is 4. The van der Waals surface area contributed by atoms with Crippen LogP contribution in [0.15, 0.2) is 24.3 Å². The van der Waals surface area contributed by atoms with Crippen LogP contribution in [0.5, 0.6) is 0 Å². The molecule has 1 aliphatic heterocycles. The lowest BCUT2D eigenvalue weighted by atomic mass is 10.2. The molecule has 0 unspecified atom stereocenters. The van der Waals surface area contributed by atoms with Crippen molar-refractivity contribution in [1.82, 2.24) is 9.29 Å². The smallest absolute Gasteiger partial charge is 0.223 e. The molecule has 128 valence electrons. The van der Waals surface area contributed by atoms with Gasteiger partial charge in [0.25, 0.3) is 0 Å². The molecule has 1 aliphatic rings. The number of carbonyl (C=O) groups excluding carboxylic acids is 1. The van der Waals surface area contributed by atoms with Gasteiger partial charge in [0.1, 0.15) is 5.82 Å². The van der Waals surface area contributed by atoms with E-state index in [0.717, 1.165) is 10.6 Å². The summed E-state index contributed by atoms with van der Waals surface area (Å²) in [6, 6.07) is 5.60. The van der Waals surface area contributed by atoms with Crippen LogP contribution in [-0.4, -0.2) is 30.2 Å². The molecule has 0 saturated heterocycles. The molecule has 0 bridgehead atoms. The Morgan fingerprint density at radius 3 is 2.96 bits per heavy atom. The van der Waals surface area contributed by atoms with Gasteiger partial charge in [0, 0.05) is 31.3 Å². The van der Waals surface area contributed by atoms with E-state index < -0.39 is 15.8 Å². The number of hydrogen-bond acceptors (Lipinski definition) is 5. The highest BCUT2D eigenvalue weighted by molar-refractivity contribution is 7.88. The van der Waals surface area contributed by atoms with Gasteiger partial charge in [-0.2, -0.15) is 4.31 Å². The van der Waals surface area contributed by atoms with Crippen molar-refractivity contribution in [1.29, 1.82) is 0 Å². The van der Waals surface area contributed by atoms with Crippen molar-refractivity contribution < 1.29 is 17.6 Å². The van der Waals surface area contributed by atoms with E-state index in [-0.39, 0.29) is 18.2 Å². The van der Waals surface area contributed by atoms with Crippen LogP contribution in [0.3, 0.4) is 0 Å². The van der Waals surface area contributed by atoms with Gasteiger partial charge in [-0.25, -0.2) is 17.8 Å². The number of sulfonamides is 1. The second-order valence-corrected chi connectivity index (χ2v) is 8.59. The monoisotopic (exact) mass is 369 g/mol.